The number of carbonyl (C=O) groups excluding carboxylic acids is 1. The van der Waals surface area contributed by atoms with E-state index in [-0.39, 0.29) is 11.9 Å². The van der Waals surface area contributed by atoms with Crippen molar-refractivity contribution in [3.8, 4) is 0 Å². The standard InChI is InChI=1S/C11H21N5O/c1-7(2)5-9(12)11(17)14-8(3)10-15-13-6-16(10)4/h6-9H,5,12H2,1-4H3,(H,14,17)/t8?,9-/m1/s1. The molecule has 1 rings (SSSR count). The Morgan fingerprint density at radius 1 is 1.53 bits per heavy atom. The zero-order valence-corrected chi connectivity index (χ0v) is 10.8. The van der Waals surface area contributed by atoms with Crippen LogP contribution in [-0.4, -0.2) is 26.7 Å². The molecule has 0 saturated heterocycles. The molecule has 0 aliphatic carbocycles. The van der Waals surface area contributed by atoms with E-state index in [0.717, 1.165) is 5.82 Å². The molecular weight excluding hydrogens is 218 g/mol. The fourth-order valence-electron chi connectivity index (χ4n) is 1.68. The van der Waals surface area contributed by atoms with Crippen LogP contribution < -0.4 is 11.1 Å². The van der Waals surface area contributed by atoms with Crippen molar-refractivity contribution in [2.45, 2.75) is 39.3 Å². The predicted molar refractivity (Wildman–Crippen MR) is 65.0 cm³/mol. The molecule has 0 bridgehead atoms. The Morgan fingerprint density at radius 2 is 2.18 bits per heavy atom. The minimum atomic E-state index is -0.467. The molecule has 0 aliphatic heterocycles. The number of nitrogens with zero attached hydrogens (tertiary/aromatic N) is 3. The molecule has 0 spiro atoms. The van der Waals surface area contributed by atoms with Gasteiger partial charge in [0.25, 0.3) is 0 Å². The Morgan fingerprint density at radius 3 is 2.65 bits per heavy atom. The maximum Gasteiger partial charge on any atom is 0.237 e. The SMILES string of the molecule is CC(C)C[C@@H](N)C(=O)NC(C)c1nncn1C. The van der Waals surface area contributed by atoms with Crippen molar-refractivity contribution in [1.29, 1.82) is 0 Å². The number of nitrogens with two attached hydrogens (primary N) is 1. The minimum Gasteiger partial charge on any atom is -0.345 e. The highest BCUT2D eigenvalue weighted by Gasteiger charge is 2.19. The maximum absolute atomic E-state index is 11.8. The molecule has 0 radical (unpaired) electrons. The number of carbonyl (C=O) groups is 1. The largest absolute Gasteiger partial charge is 0.345 e. The Labute approximate surface area is 102 Å². The Kier molecular flexibility index (Phi) is 4.62. The molecule has 1 aromatic rings. The first-order valence-corrected chi connectivity index (χ1v) is 5.81. The molecule has 0 aromatic carbocycles. The quantitative estimate of drug-likeness (QED) is 0.777. The molecule has 3 N–H and O–H groups in total. The molecule has 96 valence electrons. The van der Waals surface area contributed by atoms with Gasteiger partial charge in [0.2, 0.25) is 5.91 Å². The van der Waals surface area contributed by atoms with Gasteiger partial charge < -0.3 is 15.6 Å². The Bertz CT molecular complexity index is 374. The molecule has 0 aliphatic rings. The average molecular weight is 239 g/mol. The summed E-state index contributed by atoms with van der Waals surface area (Å²) in [6.45, 7) is 5.95. The van der Waals surface area contributed by atoms with Crippen molar-refractivity contribution in [3.05, 3.63) is 12.2 Å². The number of nitrogens with one attached hydrogen (secondary N) is 1. The number of aryl methyl sites for hydroxylation is 1. The Balaban J connectivity index is 2.54. The van der Waals surface area contributed by atoms with Gasteiger partial charge >= 0.3 is 0 Å². The lowest BCUT2D eigenvalue weighted by molar-refractivity contribution is -0.123. The van der Waals surface area contributed by atoms with Gasteiger partial charge in [-0.3, -0.25) is 4.79 Å². The summed E-state index contributed by atoms with van der Waals surface area (Å²) in [5, 5.41) is 10.6. The van der Waals surface area contributed by atoms with Crippen LogP contribution in [0.5, 0.6) is 0 Å². The molecule has 0 fully saturated rings. The summed E-state index contributed by atoms with van der Waals surface area (Å²) >= 11 is 0. The van der Waals surface area contributed by atoms with Crippen LogP contribution in [0.3, 0.4) is 0 Å². The predicted octanol–water partition coefficient (Wildman–Crippen LogP) is 0.366. The van der Waals surface area contributed by atoms with E-state index in [9.17, 15) is 4.79 Å². The van der Waals surface area contributed by atoms with Crippen LogP contribution >= 0.6 is 0 Å². The van der Waals surface area contributed by atoms with E-state index < -0.39 is 6.04 Å². The van der Waals surface area contributed by atoms with Crippen LogP contribution in [0.25, 0.3) is 0 Å². The lowest BCUT2D eigenvalue weighted by Crippen LogP contribution is -2.42. The number of rotatable bonds is 5. The average Bonchev–Trinajstić information content (AvgIpc) is 2.63. The number of amides is 1. The van der Waals surface area contributed by atoms with Gasteiger partial charge in [0, 0.05) is 7.05 Å². The van der Waals surface area contributed by atoms with E-state index in [1.807, 2.05) is 27.8 Å². The van der Waals surface area contributed by atoms with E-state index in [2.05, 4.69) is 15.5 Å². The number of hydrogen-bond acceptors (Lipinski definition) is 4. The van der Waals surface area contributed by atoms with Crippen molar-refractivity contribution < 1.29 is 4.79 Å². The monoisotopic (exact) mass is 239 g/mol. The van der Waals surface area contributed by atoms with E-state index in [1.54, 1.807) is 10.9 Å². The van der Waals surface area contributed by atoms with Crippen LogP contribution in [0.1, 0.15) is 39.1 Å². The second-order valence-electron chi connectivity index (χ2n) is 4.77. The molecule has 17 heavy (non-hydrogen) atoms. The lowest BCUT2D eigenvalue weighted by atomic mass is 10.0. The summed E-state index contributed by atoms with van der Waals surface area (Å²) in [4.78, 5) is 11.8. The van der Waals surface area contributed by atoms with Crippen molar-refractivity contribution in [1.82, 2.24) is 20.1 Å². The zero-order valence-electron chi connectivity index (χ0n) is 10.8. The second-order valence-corrected chi connectivity index (χ2v) is 4.77. The van der Waals surface area contributed by atoms with E-state index in [0.29, 0.717) is 12.3 Å². The lowest BCUT2D eigenvalue weighted by Gasteiger charge is -2.18. The van der Waals surface area contributed by atoms with Gasteiger partial charge in [0.1, 0.15) is 6.33 Å². The van der Waals surface area contributed by atoms with Gasteiger partial charge in [-0.1, -0.05) is 13.8 Å². The third-order valence-corrected chi connectivity index (χ3v) is 2.55. The van der Waals surface area contributed by atoms with Gasteiger partial charge in [-0.25, -0.2) is 0 Å². The van der Waals surface area contributed by atoms with Crippen LogP contribution in [0.2, 0.25) is 0 Å². The van der Waals surface area contributed by atoms with E-state index >= 15 is 0 Å². The van der Waals surface area contributed by atoms with Crippen molar-refractivity contribution in [2.24, 2.45) is 18.7 Å². The summed E-state index contributed by atoms with van der Waals surface area (Å²) in [6.07, 6.45) is 2.28. The highest BCUT2D eigenvalue weighted by Crippen LogP contribution is 2.09. The van der Waals surface area contributed by atoms with Gasteiger partial charge in [-0.05, 0) is 19.3 Å². The normalized spacial score (nSPS) is 14.7. The first-order valence-electron chi connectivity index (χ1n) is 5.81. The highest BCUT2D eigenvalue weighted by molar-refractivity contribution is 5.81. The molecule has 1 heterocycles. The molecule has 2 atom stereocenters. The van der Waals surface area contributed by atoms with Crippen molar-refractivity contribution in [2.75, 3.05) is 0 Å². The maximum atomic E-state index is 11.8. The summed E-state index contributed by atoms with van der Waals surface area (Å²) in [6, 6.07) is -0.654. The zero-order chi connectivity index (χ0) is 13.0. The fraction of sp³-hybridized carbons (Fsp3) is 0.727. The van der Waals surface area contributed by atoms with Crippen LogP contribution in [0.4, 0.5) is 0 Å². The van der Waals surface area contributed by atoms with Crippen molar-refractivity contribution in [3.63, 3.8) is 0 Å². The molecule has 1 unspecified atom stereocenters. The molecule has 1 aromatic heterocycles. The highest BCUT2D eigenvalue weighted by atomic mass is 16.2. The topological polar surface area (TPSA) is 85.8 Å². The summed E-state index contributed by atoms with van der Waals surface area (Å²) in [5.41, 5.74) is 5.80. The smallest absolute Gasteiger partial charge is 0.237 e. The summed E-state index contributed by atoms with van der Waals surface area (Å²) in [5.74, 6) is 0.977. The van der Waals surface area contributed by atoms with Gasteiger partial charge in [0.15, 0.2) is 5.82 Å². The fourth-order valence-corrected chi connectivity index (χ4v) is 1.68. The van der Waals surface area contributed by atoms with Crippen LogP contribution in [0.15, 0.2) is 6.33 Å². The van der Waals surface area contributed by atoms with E-state index in [1.165, 1.54) is 0 Å². The second kappa shape index (κ2) is 5.77. The molecule has 1 amide bonds. The van der Waals surface area contributed by atoms with Gasteiger partial charge in [-0.15, -0.1) is 10.2 Å². The molecule has 0 saturated carbocycles. The first-order chi connectivity index (χ1) is 7.91. The third kappa shape index (κ3) is 3.81. The molecule has 6 nitrogen and oxygen atoms in total. The third-order valence-electron chi connectivity index (χ3n) is 2.55. The van der Waals surface area contributed by atoms with Gasteiger partial charge in [0.05, 0.1) is 12.1 Å². The van der Waals surface area contributed by atoms with Gasteiger partial charge in [-0.2, -0.15) is 0 Å². The Hall–Kier alpha value is -1.43. The van der Waals surface area contributed by atoms with Crippen molar-refractivity contribution >= 4 is 5.91 Å². The van der Waals surface area contributed by atoms with Crippen LogP contribution in [0, 0.1) is 5.92 Å². The number of aromatic nitrogens is 3. The summed E-state index contributed by atoms with van der Waals surface area (Å²) in [7, 11) is 1.84. The van der Waals surface area contributed by atoms with Crippen LogP contribution in [-0.2, 0) is 11.8 Å². The summed E-state index contributed by atoms with van der Waals surface area (Å²) < 4.78 is 1.78. The number of hydrogen-bond donors (Lipinski definition) is 2. The molecule has 6 heteroatoms. The van der Waals surface area contributed by atoms with E-state index in [4.69, 9.17) is 5.73 Å². The minimum absolute atomic E-state index is 0.144. The molecular formula is C11H21N5O. The first kappa shape index (κ1) is 13.6.